The number of hydrogen-bond acceptors (Lipinski definition) is 9. The molecule has 17 heteroatoms. The summed E-state index contributed by atoms with van der Waals surface area (Å²) in [5, 5.41) is 5.06. The van der Waals surface area contributed by atoms with Gasteiger partial charge in [-0.25, -0.2) is 18.7 Å². The molecule has 2 aliphatic heterocycles. The van der Waals surface area contributed by atoms with Crippen LogP contribution in [-0.4, -0.2) is 98.3 Å². The summed E-state index contributed by atoms with van der Waals surface area (Å²) in [7, 11) is -2.72. The minimum atomic E-state index is -4.18. The summed E-state index contributed by atoms with van der Waals surface area (Å²) >= 11 is 0. The average Bonchev–Trinajstić information content (AvgIpc) is 3.51. The average molecular weight is 675 g/mol. The molecule has 0 aromatic heterocycles. The maximum absolute atomic E-state index is 13.9. The Hall–Kier alpha value is -4.61. The van der Waals surface area contributed by atoms with Crippen molar-refractivity contribution in [2.75, 3.05) is 45.3 Å². The second kappa shape index (κ2) is 13.6. The van der Waals surface area contributed by atoms with Crippen LogP contribution in [0.1, 0.15) is 36.5 Å². The number of Topliss-reactive ketones (excluding diaryl/α,β-unsaturated/α-hetero) is 1. The van der Waals surface area contributed by atoms with E-state index in [1.165, 1.54) is 36.2 Å². The molecule has 15 nitrogen and oxygen atoms in total. The molecule has 2 aromatic rings. The number of nitrogens with one attached hydrogen (secondary N) is 3. The number of urea groups is 1. The van der Waals surface area contributed by atoms with Crippen LogP contribution in [0.3, 0.4) is 0 Å². The predicted octanol–water partition coefficient (Wildman–Crippen LogP) is 1.20. The first-order valence-electron chi connectivity index (χ1n) is 14.9. The lowest BCUT2D eigenvalue weighted by molar-refractivity contribution is -0.150. The molecular weight excluding hydrogens is 639 g/mol. The topological polar surface area (TPSA) is 184 Å². The summed E-state index contributed by atoms with van der Waals surface area (Å²) in [6.45, 7) is 0.814. The van der Waals surface area contributed by atoms with Crippen LogP contribution < -0.4 is 15.4 Å². The number of fused-ring (bicyclic) bond motifs is 2. The van der Waals surface area contributed by atoms with Gasteiger partial charge in [0.1, 0.15) is 19.1 Å². The van der Waals surface area contributed by atoms with E-state index in [0.717, 1.165) is 9.21 Å². The molecule has 5 amide bonds. The molecule has 47 heavy (non-hydrogen) atoms. The number of halogens is 1. The van der Waals surface area contributed by atoms with Crippen LogP contribution in [0, 0.1) is 5.82 Å². The van der Waals surface area contributed by atoms with E-state index in [1.807, 2.05) is 4.72 Å². The summed E-state index contributed by atoms with van der Waals surface area (Å²) in [6.07, 6.45) is -0.774. The maximum Gasteiger partial charge on any atom is 0.421 e. The van der Waals surface area contributed by atoms with Crippen molar-refractivity contribution < 1.29 is 46.3 Å². The maximum atomic E-state index is 13.9. The first kappa shape index (κ1) is 33.7. The van der Waals surface area contributed by atoms with Crippen molar-refractivity contribution in [3.05, 3.63) is 65.0 Å². The van der Waals surface area contributed by atoms with Gasteiger partial charge in [-0.3, -0.25) is 14.4 Å². The Balaban J connectivity index is 1.31. The highest BCUT2D eigenvalue weighted by atomic mass is 32.2. The number of hydrogen-bond donors (Lipinski definition) is 3. The van der Waals surface area contributed by atoms with Crippen molar-refractivity contribution in [2.24, 2.45) is 0 Å². The molecule has 3 aliphatic rings. The number of benzene rings is 2. The van der Waals surface area contributed by atoms with Gasteiger partial charge < -0.3 is 29.9 Å². The number of ketones is 1. The molecule has 2 aromatic carbocycles. The number of anilines is 1. The quantitative estimate of drug-likeness (QED) is 0.329. The van der Waals surface area contributed by atoms with Crippen LogP contribution in [0.15, 0.2) is 42.5 Å². The lowest BCUT2D eigenvalue weighted by Gasteiger charge is -2.38. The molecule has 1 aliphatic carbocycles. The van der Waals surface area contributed by atoms with Crippen LogP contribution in [0.4, 0.5) is 19.7 Å². The number of carbonyl (C=O) groups excluding carboxylic acids is 5. The molecule has 2 saturated heterocycles. The zero-order valence-corrected chi connectivity index (χ0v) is 26.6. The molecular formula is C30H35FN6O9S. The molecule has 1 spiro atoms. The third-order valence-electron chi connectivity index (χ3n) is 8.34. The molecule has 2 fully saturated rings. The smallest absolute Gasteiger partial charge is 0.421 e. The second-order valence-electron chi connectivity index (χ2n) is 11.2. The van der Waals surface area contributed by atoms with Gasteiger partial charge in [0, 0.05) is 50.4 Å². The Kier molecular flexibility index (Phi) is 9.78. The third-order valence-corrected chi connectivity index (χ3v) is 9.81. The highest BCUT2D eigenvalue weighted by Crippen LogP contribution is 2.43. The minimum Gasteiger partial charge on any atom is -0.449 e. The fraction of sp³-hybridized carbons (Fsp3) is 0.433. The molecule has 0 bridgehead atoms. The van der Waals surface area contributed by atoms with Gasteiger partial charge in [-0.2, -0.15) is 12.7 Å². The van der Waals surface area contributed by atoms with Crippen LogP contribution >= 0.6 is 0 Å². The van der Waals surface area contributed by atoms with E-state index in [1.54, 1.807) is 25.1 Å². The standard InChI is InChI=1S/C30H35FN6O9S/c1-3-45-29(42)34-47(43,44)36-12-10-23(11-13-36)37(16-19-4-6-21(31)7-5-19)26(39)17-35-18-46-30(27(35)40)24-9-8-22(33-28(41)32-2)14-20(24)15-25(30)38/h4-9,14,23H,3,10-13,15-18H2,1-2H3,(H,34,42)(H2,32,33,41)/t30-/m1/s1. The number of piperidine rings is 1. The number of ether oxygens (including phenoxy) is 2. The van der Waals surface area contributed by atoms with Crippen molar-refractivity contribution in [1.82, 2.24) is 24.1 Å². The van der Waals surface area contributed by atoms with Crippen molar-refractivity contribution in [2.45, 2.75) is 44.4 Å². The number of amides is 5. The SMILES string of the molecule is CCOC(=O)NS(=O)(=O)N1CCC(N(Cc2ccc(F)cc2)C(=O)CN2CO[C@]3(C(=O)Cc4cc(NC(=O)NC)ccc43)C2=O)CC1. The highest BCUT2D eigenvalue weighted by Gasteiger charge is 2.59. The van der Waals surface area contributed by atoms with E-state index >= 15 is 0 Å². The van der Waals surface area contributed by atoms with Crippen molar-refractivity contribution >= 4 is 45.6 Å². The van der Waals surface area contributed by atoms with Crippen molar-refractivity contribution in [1.29, 1.82) is 0 Å². The fourth-order valence-corrected chi connectivity index (χ4v) is 7.11. The van der Waals surface area contributed by atoms with E-state index in [-0.39, 0.29) is 52.2 Å². The Labute approximate surface area is 270 Å². The lowest BCUT2D eigenvalue weighted by atomic mass is 9.94. The summed E-state index contributed by atoms with van der Waals surface area (Å²) < 4.78 is 52.5. The van der Waals surface area contributed by atoms with Crippen LogP contribution in [0.25, 0.3) is 0 Å². The molecule has 2 heterocycles. The molecule has 5 rings (SSSR count). The van der Waals surface area contributed by atoms with Crippen molar-refractivity contribution in [3.63, 3.8) is 0 Å². The Morgan fingerprint density at radius 2 is 1.81 bits per heavy atom. The van der Waals surface area contributed by atoms with Gasteiger partial charge in [0.25, 0.3) is 5.91 Å². The zero-order chi connectivity index (χ0) is 33.9. The van der Waals surface area contributed by atoms with Gasteiger partial charge in [-0.05, 0) is 55.2 Å². The first-order chi connectivity index (χ1) is 22.4. The number of rotatable bonds is 9. The number of carbonyl (C=O) groups is 5. The van der Waals surface area contributed by atoms with Gasteiger partial charge >= 0.3 is 22.3 Å². The Morgan fingerprint density at radius 3 is 2.47 bits per heavy atom. The highest BCUT2D eigenvalue weighted by molar-refractivity contribution is 7.87. The van der Waals surface area contributed by atoms with Crippen LogP contribution in [-0.2, 0) is 52.6 Å². The molecule has 0 saturated carbocycles. The molecule has 1 atom stereocenters. The Morgan fingerprint density at radius 1 is 1.11 bits per heavy atom. The fourth-order valence-electron chi connectivity index (χ4n) is 6.02. The zero-order valence-electron chi connectivity index (χ0n) is 25.8. The second-order valence-corrected chi connectivity index (χ2v) is 12.9. The predicted molar refractivity (Wildman–Crippen MR) is 163 cm³/mol. The van der Waals surface area contributed by atoms with E-state index < -0.39 is 63.9 Å². The monoisotopic (exact) mass is 674 g/mol. The number of nitrogens with zero attached hydrogens (tertiary/aromatic N) is 3. The van der Waals surface area contributed by atoms with Gasteiger partial charge in [-0.15, -0.1) is 0 Å². The van der Waals surface area contributed by atoms with E-state index in [9.17, 15) is 36.8 Å². The normalized spacial score (nSPS) is 19.9. The summed E-state index contributed by atoms with van der Waals surface area (Å²) in [5.74, 6) is -2.11. The summed E-state index contributed by atoms with van der Waals surface area (Å²) in [4.78, 5) is 67.1. The van der Waals surface area contributed by atoms with Gasteiger partial charge in [0.15, 0.2) is 5.78 Å². The van der Waals surface area contributed by atoms with Crippen LogP contribution in [0.2, 0.25) is 0 Å². The summed E-state index contributed by atoms with van der Waals surface area (Å²) in [5.41, 5.74) is -0.00695. The van der Waals surface area contributed by atoms with E-state index in [4.69, 9.17) is 4.74 Å². The van der Waals surface area contributed by atoms with Gasteiger partial charge in [-0.1, -0.05) is 18.2 Å². The van der Waals surface area contributed by atoms with Gasteiger partial charge in [0.2, 0.25) is 11.5 Å². The Bertz CT molecular complexity index is 1680. The molecule has 3 N–H and O–H groups in total. The molecule has 0 unspecified atom stereocenters. The van der Waals surface area contributed by atoms with Gasteiger partial charge in [0.05, 0.1) is 6.61 Å². The van der Waals surface area contributed by atoms with E-state index in [2.05, 4.69) is 15.4 Å². The largest absolute Gasteiger partial charge is 0.449 e. The van der Waals surface area contributed by atoms with E-state index in [0.29, 0.717) is 22.4 Å². The van der Waals surface area contributed by atoms with Crippen LogP contribution in [0.5, 0.6) is 0 Å². The third kappa shape index (κ3) is 6.91. The van der Waals surface area contributed by atoms with Crippen molar-refractivity contribution in [3.8, 4) is 0 Å². The molecule has 0 radical (unpaired) electrons. The first-order valence-corrected chi connectivity index (χ1v) is 16.4. The molecule has 252 valence electrons. The summed E-state index contributed by atoms with van der Waals surface area (Å²) in [6, 6.07) is 9.36. The minimum absolute atomic E-state index is 0.00617. The lowest BCUT2D eigenvalue weighted by Crippen LogP contribution is -2.53.